The molecule has 3 aromatic rings. The van der Waals surface area contributed by atoms with Gasteiger partial charge < -0.3 is 9.51 Å². The molecule has 0 aliphatic rings. The number of rotatable bonds is 4. The van der Waals surface area contributed by atoms with E-state index in [2.05, 4.69) is 18.0 Å². The molecular formula is C17H16N2O2. The molecule has 0 aliphatic heterocycles. The zero-order valence-corrected chi connectivity index (χ0v) is 11.8. The van der Waals surface area contributed by atoms with Crippen LogP contribution >= 0.6 is 0 Å². The zero-order chi connectivity index (χ0) is 14.8. The van der Waals surface area contributed by atoms with Gasteiger partial charge in [-0.25, -0.2) is 4.98 Å². The van der Waals surface area contributed by atoms with E-state index < -0.39 is 5.97 Å². The van der Waals surface area contributed by atoms with E-state index in [9.17, 15) is 4.79 Å². The summed E-state index contributed by atoms with van der Waals surface area (Å²) in [7, 11) is 0. The first-order chi connectivity index (χ1) is 10.1. The van der Waals surface area contributed by atoms with Gasteiger partial charge in [-0.15, -0.1) is 0 Å². The number of carbonyl (C=O) groups is 1. The summed E-state index contributed by atoms with van der Waals surface area (Å²) in [6.45, 7) is 2.06. The highest BCUT2D eigenvalue weighted by molar-refractivity contribution is 5.78. The highest BCUT2D eigenvalue weighted by atomic mass is 16.4. The Morgan fingerprint density at radius 1 is 1.29 bits per heavy atom. The van der Waals surface area contributed by atoms with Crippen LogP contribution in [0.5, 0.6) is 0 Å². The van der Waals surface area contributed by atoms with Crippen molar-refractivity contribution in [2.24, 2.45) is 0 Å². The molecule has 0 fully saturated rings. The molecule has 0 unspecified atom stereocenters. The molecule has 1 aromatic carbocycles. The van der Waals surface area contributed by atoms with Crippen molar-refractivity contribution < 1.29 is 9.90 Å². The van der Waals surface area contributed by atoms with E-state index in [0.717, 1.165) is 22.3 Å². The molecule has 0 aliphatic carbocycles. The fourth-order valence-electron chi connectivity index (χ4n) is 2.49. The van der Waals surface area contributed by atoms with Crippen molar-refractivity contribution in [3.63, 3.8) is 0 Å². The topological polar surface area (TPSA) is 54.6 Å². The van der Waals surface area contributed by atoms with Crippen LogP contribution in [0.15, 0.2) is 48.9 Å². The number of pyridine rings is 1. The second-order valence-corrected chi connectivity index (χ2v) is 5.18. The minimum Gasteiger partial charge on any atom is -0.481 e. The molecule has 4 nitrogen and oxygen atoms in total. The first kappa shape index (κ1) is 13.4. The zero-order valence-electron chi connectivity index (χ0n) is 11.8. The van der Waals surface area contributed by atoms with Crippen LogP contribution in [0.4, 0.5) is 0 Å². The van der Waals surface area contributed by atoms with Gasteiger partial charge in [-0.1, -0.05) is 24.3 Å². The third kappa shape index (κ3) is 2.79. The van der Waals surface area contributed by atoms with Crippen LogP contribution in [0.3, 0.4) is 0 Å². The van der Waals surface area contributed by atoms with Crippen molar-refractivity contribution >= 4 is 11.6 Å². The lowest BCUT2D eigenvalue weighted by Crippen LogP contribution is -1.97. The van der Waals surface area contributed by atoms with Crippen LogP contribution in [-0.4, -0.2) is 20.5 Å². The Bertz CT molecular complexity index is 788. The number of fused-ring (bicyclic) bond motifs is 1. The first-order valence-electron chi connectivity index (χ1n) is 6.88. The number of aromatic nitrogens is 2. The van der Waals surface area contributed by atoms with E-state index in [4.69, 9.17) is 5.11 Å². The number of nitrogens with zero attached hydrogens (tertiary/aromatic N) is 2. The summed E-state index contributed by atoms with van der Waals surface area (Å²) in [5.74, 6) is -0.767. The Balaban J connectivity index is 1.95. The number of hydrogen-bond acceptors (Lipinski definition) is 2. The van der Waals surface area contributed by atoms with Gasteiger partial charge in [-0.3, -0.25) is 4.79 Å². The summed E-state index contributed by atoms with van der Waals surface area (Å²) in [4.78, 5) is 15.0. The highest BCUT2D eigenvalue weighted by Gasteiger charge is 2.07. The minimum absolute atomic E-state index is 0.161. The van der Waals surface area contributed by atoms with Gasteiger partial charge in [0.2, 0.25) is 0 Å². The number of aliphatic carboxylic acids is 1. The molecule has 0 amide bonds. The summed E-state index contributed by atoms with van der Waals surface area (Å²) >= 11 is 0. The molecule has 21 heavy (non-hydrogen) atoms. The van der Waals surface area contributed by atoms with E-state index in [0.29, 0.717) is 6.42 Å². The van der Waals surface area contributed by atoms with Crippen molar-refractivity contribution in [2.45, 2.75) is 19.8 Å². The smallest absolute Gasteiger partial charge is 0.303 e. The summed E-state index contributed by atoms with van der Waals surface area (Å²) in [6.07, 6.45) is 6.50. The van der Waals surface area contributed by atoms with Gasteiger partial charge in [0, 0.05) is 30.6 Å². The van der Waals surface area contributed by atoms with Gasteiger partial charge in [0.25, 0.3) is 0 Å². The van der Waals surface area contributed by atoms with E-state index in [-0.39, 0.29) is 6.42 Å². The summed E-state index contributed by atoms with van der Waals surface area (Å²) in [5, 5.41) is 8.72. The fraction of sp³-hybridized carbons (Fsp3) is 0.176. The molecule has 0 saturated heterocycles. The molecule has 0 bridgehead atoms. The lowest BCUT2D eigenvalue weighted by atomic mass is 10.0. The Morgan fingerprint density at radius 2 is 2.05 bits per heavy atom. The van der Waals surface area contributed by atoms with Gasteiger partial charge in [0.05, 0.1) is 0 Å². The van der Waals surface area contributed by atoms with E-state index in [1.54, 1.807) is 6.20 Å². The lowest BCUT2D eigenvalue weighted by molar-refractivity contribution is -0.136. The molecule has 0 spiro atoms. The number of carboxylic acid groups (broad SMARTS) is 1. The average Bonchev–Trinajstić information content (AvgIpc) is 2.93. The van der Waals surface area contributed by atoms with Crippen LogP contribution < -0.4 is 0 Å². The Hall–Kier alpha value is -2.62. The van der Waals surface area contributed by atoms with Crippen molar-refractivity contribution in [2.75, 3.05) is 0 Å². The number of aryl methyl sites for hydroxylation is 2. The van der Waals surface area contributed by atoms with E-state index >= 15 is 0 Å². The summed E-state index contributed by atoms with van der Waals surface area (Å²) < 4.78 is 2.02. The van der Waals surface area contributed by atoms with E-state index in [1.807, 2.05) is 41.1 Å². The Morgan fingerprint density at radius 3 is 2.76 bits per heavy atom. The van der Waals surface area contributed by atoms with Crippen molar-refractivity contribution in [3.8, 4) is 11.1 Å². The van der Waals surface area contributed by atoms with Crippen LogP contribution in [0.25, 0.3) is 16.8 Å². The van der Waals surface area contributed by atoms with Crippen molar-refractivity contribution in [1.82, 2.24) is 9.38 Å². The van der Waals surface area contributed by atoms with Crippen LogP contribution in [0.2, 0.25) is 0 Å². The number of benzene rings is 1. The summed E-state index contributed by atoms with van der Waals surface area (Å²) in [6, 6.07) is 10.1. The first-order valence-corrected chi connectivity index (χ1v) is 6.88. The third-order valence-electron chi connectivity index (χ3n) is 3.52. The molecule has 0 saturated carbocycles. The van der Waals surface area contributed by atoms with E-state index in [1.165, 1.54) is 5.56 Å². The second kappa shape index (κ2) is 5.40. The largest absolute Gasteiger partial charge is 0.481 e. The van der Waals surface area contributed by atoms with Gasteiger partial charge in [-0.05, 0) is 36.1 Å². The standard InChI is InChI=1S/C17H16N2O2/c1-12-10-15(17-18-8-9-19(17)11-12)14-5-2-13(3-6-14)4-7-16(20)21/h2-3,5-6,8-11H,4,7H2,1H3,(H,20,21). The quantitative estimate of drug-likeness (QED) is 0.797. The number of hydrogen-bond donors (Lipinski definition) is 1. The maximum absolute atomic E-state index is 10.6. The predicted molar refractivity (Wildman–Crippen MR) is 81.3 cm³/mol. The molecule has 2 heterocycles. The maximum atomic E-state index is 10.6. The minimum atomic E-state index is -0.767. The van der Waals surface area contributed by atoms with Gasteiger partial charge in [0.15, 0.2) is 0 Å². The lowest BCUT2D eigenvalue weighted by Gasteiger charge is -2.07. The monoisotopic (exact) mass is 280 g/mol. The highest BCUT2D eigenvalue weighted by Crippen LogP contribution is 2.25. The molecular weight excluding hydrogens is 264 g/mol. The average molecular weight is 280 g/mol. The molecule has 0 atom stereocenters. The number of imidazole rings is 1. The van der Waals surface area contributed by atoms with Crippen molar-refractivity contribution in [1.29, 1.82) is 0 Å². The fourth-order valence-corrected chi connectivity index (χ4v) is 2.49. The molecule has 2 aromatic heterocycles. The third-order valence-corrected chi connectivity index (χ3v) is 3.52. The maximum Gasteiger partial charge on any atom is 0.303 e. The van der Waals surface area contributed by atoms with Gasteiger partial charge in [0.1, 0.15) is 5.65 Å². The summed E-state index contributed by atoms with van der Waals surface area (Å²) in [5.41, 5.74) is 5.32. The van der Waals surface area contributed by atoms with Crippen LogP contribution in [0.1, 0.15) is 17.5 Å². The Labute approximate surface area is 122 Å². The van der Waals surface area contributed by atoms with Crippen molar-refractivity contribution in [3.05, 3.63) is 60.0 Å². The SMILES string of the molecule is Cc1cc(-c2ccc(CCC(=O)O)cc2)c2nccn2c1. The van der Waals surface area contributed by atoms with Gasteiger partial charge in [-0.2, -0.15) is 0 Å². The Kier molecular flexibility index (Phi) is 3.44. The van der Waals surface area contributed by atoms with Gasteiger partial charge >= 0.3 is 5.97 Å². The number of carboxylic acids is 1. The normalized spacial score (nSPS) is 10.9. The molecule has 106 valence electrons. The molecule has 4 heteroatoms. The van der Waals surface area contributed by atoms with Crippen LogP contribution in [0, 0.1) is 6.92 Å². The van der Waals surface area contributed by atoms with Crippen LogP contribution in [-0.2, 0) is 11.2 Å². The molecule has 3 rings (SSSR count). The second-order valence-electron chi connectivity index (χ2n) is 5.18. The molecule has 0 radical (unpaired) electrons. The predicted octanol–water partition coefficient (Wildman–Crippen LogP) is 3.33. The molecule has 1 N–H and O–H groups in total.